The summed E-state index contributed by atoms with van der Waals surface area (Å²) < 4.78 is 31.5. The van der Waals surface area contributed by atoms with Crippen LogP contribution in [0.1, 0.15) is 0 Å². The number of benzene rings is 1. The molecule has 0 fully saturated rings. The number of fused-ring (bicyclic) bond motifs is 1. The lowest BCUT2D eigenvalue weighted by molar-refractivity contribution is -0.105. The third-order valence-electron chi connectivity index (χ3n) is 2.89. The SMILES string of the molecule is C=C(OCF)/C(C=O)=C\C=C\NS(=O)c1cccc2nccnc12. The fourth-order valence-corrected chi connectivity index (χ4v) is 2.64. The summed E-state index contributed by atoms with van der Waals surface area (Å²) in [5, 5.41) is 0. The van der Waals surface area contributed by atoms with E-state index in [-0.39, 0.29) is 11.3 Å². The van der Waals surface area contributed by atoms with Crippen molar-refractivity contribution in [2.75, 3.05) is 6.86 Å². The minimum Gasteiger partial charge on any atom is -0.463 e. The lowest BCUT2D eigenvalue weighted by Crippen LogP contribution is -2.10. The number of hydrogen-bond acceptors (Lipinski definition) is 5. The molecular formula is C16H14FN3O3S. The molecule has 124 valence electrons. The minimum absolute atomic E-state index is 0.0764. The molecule has 24 heavy (non-hydrogen) atoms. The Balaban J connectivity index is 2.09. The van der Waals surface area contributed by atoms with Crippen LogP contribution in [0.25, 0.3) is 11.0 Å². The molecule has 0 amide bonds. The first kappa shape index (κ1) is 17.5. The monoisotopic (exact) mass is 347 g/mol. The van der Waals surface area contributed by atoms with Gasteiger partial charge in [-0.3, -0.25) is 14.8 Å². The molecule has 0 radical (unpaired) electrons. The fourth-order valence-electron chi connectivity index (χ4n) is 1.78. The first-order valence-corrected chi connectivity index (χ1v) is 7.90. The van der Waals surface area contributed by atoms with Crippen LogP contribution in [0, 0.1) is 0 Å². The maximum atomic E-state index is 12.3. The predicted octanol–water partition coefficient (Wildman–Crippen LogP) is 2.34. The van der Waals surface area contributed by atoms with Gasteiger partial charge in [0.05, 0.1) is 16.0 Å². The van der Waals surface area contributed by atoms with Crippen LogP contribution < -0.4 is 4.72 Å². The van der Waals surface area contributed by atoms with Gasteiger partial charge in [0.2, 0.25) is 6.86 Å². The molecule has 1 N–H and O–H groups in total. The number of carbonyl (C=O) groups is 1. The third kappa shape index (κ3) is 4.32. The highest BCUT2D eigenvalue weighted by atomic mass is 32.2. The number of nitrogens with zero attached hydrogens (tertiary/aromatic N) is 2. The molecule has 0 saturated heterocycles. The molecule has 1 atom stereocenters. The van der Waals surface area contributed by atoms with E-state index in [0.29, 0.717) is 22.2 Å². The number of rotatable bonds is 8. The van der Waals surface area contributed by atoms with Crippen molar-refractivity contribution in [2.24, 2.45) is 0 Å². The zero-order valence-electron chi connectivity index (χ0n) is 12.5. The molecule has 2 rings (SSSR count). The van der Waals surface area contributed by atoms with E-state index in [4.69, 9.17) is 0 Å². The van der Waals surface area contributed by atoms with E-state index in [1.807, 2.05) is 0 Å². The van der Waals surface area contributed by atoms with Crippen molar-refractivity contribution in [2.45, 2.75) is 4.90 Å². The lowest BCUT2D eigenvalue weighted by atomic mass is 10.2. The summed E-state index contributed by atoms with van der Waals surface area (Å²) in [6, 6.07) is 5.18. The number of allylic oxidation sites excluding steroid dienone is 3. The number of nitrogens with one attached hydrogen (secondary N) is 1. The molecule has 0 spiro atoms. The molecule has 0 aliphatic rings. The standard InChI is InChI=1S/C16H14FN3O3S/c1-12(23-11-17)13(10-21)4-3-7-20-24(22)15-6-2-5-14-16(15)19-9-8-18-14/h2-10,20H,1,11H2/b7-3+,13-4-. The van der Waals surface area contributed by atoms with Gasteiger partial charge in [-0.1, -0.05) is 12.6 Å². The van der Waals surface area contributed by atoms with Gasteiger partial charge in [-0.25, -0.2) is 8.60 Å². The van der Waals surface area contributed by atoms with Crippen LogP contribution in [0.3, 0.4) is 0 Å². The largest absolute Gasteiger partial charge is 0.463 e. The van der Waals surface area contributed by atoms with Crippen LogP contribution in [-0.2, 0) is 20.5 Å². The highest BCUT2D eigenvalue weighted by molar-refractivity contribution is 7.83. The Labute approximate surface area is 140 Å². The van der Waals surface area contributed by atoms with E-state index in [0.717, 1.165) is 0 Å². The molecule has 0 aliphatic heterocycles. The summed E-state index contributed by atoms with van der Waals surface area (Å²) in [5.41, 5.74) is 1.25. The molecule has 0 bridgehead atoms. The van der Waals surface area contributed by atoms with E-state index in [1.165, 1.54) is 24.5 Å². The molecule has 0 aliphatic carbocycles. The van der Waals surface area contributed by atoms with Gasteiger partial charge in [-0.05, 0) is 24.3 Å². The van der Waals surface area contributed by atoms with Crippen molar-refractivity contribution in [3.05, 3.63) is 66.9 Å². The van der Waals surface area contributed by atoms with E-state index < -0.39 is 17.8 Å². The second kappa shape index (κ2) is 8.68. The van der Waals surface area contributed by atoms with E-state index in [2.05, 4.69) is 26.0 Å². The van der Waals surface area contributed by atoms with E-state index in [9.17, 15) is 13.4 Å². The fraction of sp³-hybridized carbons (Fsp3) is 0.0625. The van der Waals surface area contributed by atoms with Crippen molar-refractivity contribution in [3.63, 3.8) is 0 Å². The summed E-state index contributed by atoms with van der Waals surface area (Å²) in [4.78, 5) is 19.7. The first-order valence-electron chi connectivity index (χ1n) is 6.75. The molecule has 1 heterocycles. The van der Waals surface area contributed by atoms with Gasteiger partial charge in [0.1, 0.15) is 11.3 Å². The zero-order valence-corrected chi connectivity index (χ0v) is 13.3. The predicted molar refractivity (Wildman–Crippen MR) is 88.6 cm³/mol. The van der Waals surface area contributed by atoms with Gasteiger partial charge >= 0.3 is 0 Å². The lowest BCUT2D eigenvalue weighted by Gasteiger charge is -2.04. The first-order chi connectivity index (χ1) is 11.7. The van der Waals surface area contributed by atoms with Gasteiger partial charge < -0.3 is 9.46 Å². The third-order valence-corrected chi connectivity index (χ3v) is 3.97. The Morgan fingerprint density at radius 3 is 2.92 bits per heavy atom. The van der Waals surface area contributed by atoms with Crippen molar-refractivity contribution in [1.29, 1.82) is 0 Å². The number of halogens is 1. The van der Waals surface area contributed by atoms with Crippen LogP contribution in [0.15, 0.2) is 71.8 Å². The molecule has 1 aromatic heterocycles. The average Bonchev–Trinajstić information content (AvgIpc) is 2.61. The van der Waals surface area contributed by atoms with Gasteiger partial charge in [0.15, 0.2) is 17.3 Å². The highest BCUT2D eigenvalue weighted by Gasteiger charge is 2.08. The number of ether oxygens (including phenoxy) is 1. The smallest absolute Gasteiger partial charge is 0.228 e. The summed E-state index contributed by atoms with van der Waals surface area (Å²) in [6.07, 6.45) is 7.75. The van der Waals surface area contributed by atoms with Gasteiger partial charge in [0.25, 0.3) is 0 Å². The molecule has 2 aromatic rings. The molecule has 1 unspecified atom stereocenters. The quantitative estimate of drug-likeness (QED) is 0.343. The molecule has 8 heteroatoms. The topological polar surface area (TPSA) is 81.2 Å². The summed E-state index contributed by atoms with van der Waals surface area (Å²) in [6.45, 7) is 2.35. The van der Waals surface area contributed by atoms with Crippen molar-refractivity contribution in [1.82, 2.24) is 14.7 Å². The summed E-state index contributed by atoms with van der Waals surface area (Å²) >= 11 is 0. The average molecular weight is 347 g/mol. The number of para-hydroxylation sites is 1. The Bertz CT molecular complexity index is 831. The van der Waals surface area contributed by atoms with Crippen molar-refractivity contribution >= 4 is 28.3 Å². The highest BCUT2D eigenvalue weighted by Crippen LogP contribution is 2.16. The Morgan fingerprint density at radius 1 is 1.38 bits per heavy atom. The van der Waals surface area contributed by atoms with Crippen LogP contribution >= 0.6 is 0 Å². The number of aldehydes is 1. The zero-order chi connectivity index (χ0) is 17.4. The normalized spacial score (nSPS) is 13.0. The van der Waals surface area contributed by atoms with Crippen molar-refractivity contribution < 1.29 is 18.1 Å². The Kier molecular flexibility index (Phi) is 6.32. The van der Waals surface area contributed by atoms with Crippen LogP contribution in [0.5, 0.6) is 0 Å². The summed E-state index contributed by atoms with van der Waals surface area (Å²) in [7, 11) is -1.56. The van der Waals surface area contributed by atoms with Crippen LogP contribution in [-0.4, -0.2) is 27.3 Å². The second-order valence-corrected chi connectivity index (χ2v) is 5.56. The molecule has 1 aromatic carbocycles. The van der Waals surface area contributed by atoms with E-state index >= 15 is 0 Å². The van der Waals surface area contributed by atoms with Crippen molar-refractivity contribution in [3.8, 4) is 0 Å². The Hall–Kier alpha value is -2.87. The number of aromatic nitrogens is 2. The van der Waals surface area contributed by atoms with Gasteiger partial charge in [0, 0.05) is 18.6 Å². The van der Waals surface area contributed by atoms with Crippen LogP contribution in [0.4, 0.5) is 4.39 Å². The second-order valence-electron chi connectivity index (χ2n) is 4.34. The molecular weight excluding hydrogens is 333 g/mol. The Morgan fingerprint density at radius 2 is 2.17 bits per heavy atom. The van der Waals surface area contributed by atoms with Gasteiger partial charge in [-0.15, -0.1) is 0 Å². The number of hydrogen-bond donors (Lipinski definition) is 1. The minimum atomic E-state index is -1.56. The summed E-state index contributed by atoms with van der Waals surface area (Å²) in [5.74, 6) is -0.0809. The molecule has 0 saturated carbocycles. The molecule has 6 nitrogen and oxygen atoms in total. The van der Waals surface area contributed by atoms with Crippen LogP contribution in [0.2, 0.25) is 0 Å². The maximum Gasteiger partial charge on any atom is 0.228 e. The number of alkyl halides is 1. The maximum absolute atomic E-state index is 12.3. The van der Waals surface area contributed by atoms with Gasteiger partial charge in [-0.2, -0.15) is 0 Å². The van der Waals surface area contributed by atoms with E-state index in [1.54, 1.807) is 24.4 Å². The number of carbonyl (C=O) groups excluding carboxylic acids is 1.